The normalized spacial score (nSPS) is 16.9. The number of rotatable bonds is 5. The number of amides is 1. The SMILES string of the molecule is CC(C)(C)c1cc(NC(=O)CN2CCN(Cc3ccco3)CC2)on1. The van der Waals surface area contributed by atoms with Crippen LogP contribution in [0.25, 0.3) is 0 Å². The van der Waals surface area contributed by atoms with Crippen LogP contribution in [0, 0.1) is 0 Å². The first kappa shape index (κ1) is 17.7. The predicted octanol–water partition coefficient (Wildman–Crippen LogP) is 2.32. The molecule has 1 amide bonds. The summed E-state index contributed by atoms with van der Waals surface area (Å²) in [6.07, 6.45) is 1.70. The van der Waals surface area contributed by atoms with Crippen LogP contribution in [0.2, 0.25) is 0 Å². The summed E-state index contributed by atoms with van der Waals surface area (Å²) in [7, 11) is 0. The molecule has 1 saturated heterocycles. The van der Waals surface area contributed by atoms with Crippen LogP contribution in [0.3, 0.4) is 0 Å². The van der Waals surface area contributed by atoms with Crippen molar-refractivity contribution < 1.29 is 13.7 Å². The quantitative estimate of drug-likeness (QED) is 0.895. The Balaban J connectivity index is 1.42. The van der Waals surface area contributed by atoms with Crippen LogP contribution >= 0.6 is 0 Å². The van der Waals surface area contributed by atoms with Gasteiger partial charge in [0.2, 0.25) is 11.8 Å². The first-order valence-electron chi connectivity index (χ1n) is 8.64. The predicted molar refractivity (Wildman–Crippen MR) is 94.3 cm³/mol. The summed E-state index contributed by atoms with van der Waals surface area (Å²) < 4.78 is 10.6. The Hall–Kier alpha value is -2.12. The van der Waals surface area contributed by atoms with Crippen molar-refractivity contribution in [3.05, 3.63) is 35.9 Å². The van der Waals surface area contributed by atoms with Crippen LogP contribution in [0.5, 0.6) is 0 Å². The highest BCUT2D eigenvalue weighted by molar-refractivity contribution is 5.91. The summed E-state index contributed by atoms with van der Waals surface area (Å²) in [5.74, 6) is 1.31. The summed E-state index contributed by atoms with van der Waals surface area (Å²) >= 11 is 0. The number of hydrogen-bond acceptors (Lipinski definition) is 6. The topological polar surface area (TPSA) is 74.8 Å². The molecule has 0 radical (unpaired) electrons. The monoisotopic (exact) mass is 346 g/mol. The van der Waals surface area contributed by atoms with E-state index < -0.39 is 0 Å². The number of anilines is 1. The number of piperazine rings is 1. The van der Waals surface area contributed by atoms with Gasteiger partial charge in [-0.1, -0.05) is 25.9 Å². The minimum absolute atomic E-state index is 0.0731. The Bertz CT molecular complexity index is 679. The molecular formula is C18H26N4O3. The molecule has 1 N–H and O–H groups in total. The van der Waals surface area contributed by atoms with Crippen molar-refractivity contribution >= 4 is 11.8 Å². The Morgan fingerprint density at radius 2 is 1.96 bits per heavy atom. The molecule has 0 atom stereocenters. The van der Waals surface area contributed by atoms with Gasteiger partial charge in [0, 0.05) is 37.7 Å². The van der Waals surface area contributed by atoms with Crippen molar-refractivity contribution in [1.29, 1.82) is 0 Å². The summed E-state index contributed by atoms with van der Waals surface area (Å²) in [6, 6.07) is 5.69. The average molecular weight is 346 g/mol. The first-order chi connectivity index (χ1) is 11.9. The molecule has 1 fully saturated rings. The molecule has 1 aliphatic rings. The lowest BCUT2D eigenvalue weighted by molar-refractivity contribution is -0.117. The third-order valence-electron chi connectivity index (χ3n) is 4.33. The van der Waals surface area contributed by atoms with Gasteiger partial charge in [-0.25, -0.2) is 0 Å². The van der Waals surface area contributed by atoms with Crippen LogP contribution in [-0.4, -0.2) is 53.6 Å². The molecule has 25 heavy (non-hydrogen) atoms. The number of furan rings is 1. The highest BCUT2D eigenvalue weighted by atomic mass is 16.5. The maximum atomic E-state index is 12.2. The molecule has 2 aromatic rings. The standard InChI is InChI=1S/C18H26N4O3/c1-18(2,3)15-11-17(25-20-15)19-16(23)13-22-8-6-21(7-9-22)12-14-5-4-10-24-14/h4-5,10-11H,6-9,12-13H2,1-3H3,(H,19,23). The average Bonchev–Trinajstić information content (AvgIpc) is 3.20. The second-order valence-electron chi connectivity index (χ2n) is 7.51. The van der Waals surface area contributed by atoms with Crippen LogP contribution in [0.15, 0.2) is 33.4 Å². The second-order valence-corrected chi connectivity index (χ2v) is 7.51. The summed E-state index contributed by atoms with van der Waals surface area (Å²) in [5.41, 5.74) is 0.728. The number of nitrogens with zero attached hydrogens (tertiary/aromatic N) is 3. The number of hydrogen-bond donors (Lipinski definition) is 1. The van der Waals surface area contributed by atoms with E-state index in [1.807, 2.05) is 12.1 Å². The van der Waals surface area contributed by atoms with Gasteiger partial charge in [-0.3, -0.25) is 19.9 Å². The fraction of sp³-hybridized carbons (Fsp3) is 0.556. The summed E-state index contributed by atoms with van der Waals surface area (Å²) in [6.45, 7) is 10.9. The fourth-order valence-corrected chi connectivity index (χ4v) is 2.80. The van der Waals surface area contributed by atoms with Gasteiger partial charge in [-0.05, 0) is 12.1 Å². The Labute approximate surface area is 147 Å². The summed E-state index contributed by atoms with van der Waals surface area (Å²) in [5, 5.41) is 6.80. The molecule has 136 valence electrons. The molecule has 3 rings (SSSR count). The highest BCUT2D eigenvalue weighted by Gasteiger charge is 2.22. The number of nitrogens with one attached hydrogen (secondary N) is 1. The van der Waals surface area contributed by atoms with Crippen molar-refractivity contribution in [1.82, 2.24) is 15.0 Å². The molecule has 0 unspecified atom stereocenters. The number of carbonyl (C=O) groups excluding carboxylic acids is 1. The molecule has 1 aliphatic heterocycles. The van der Waals surface area contributed by atoms with Gasteiger partial charge in [-0.15, -0.1) is 0 Å². The smallest absolute Gasteiger partial charge is 0.240 e. The molecule has 7 nitrogen and oxygen atoms in total. The van der Waals surface area contributed by atoms with Crippen LogP contribution in [0.4, 0.5) is 5.88 Å². The van der Waals surface area contributed by atoms with Gasteiger partial charge in [0.1, 0.15) is 5.76 Å². The van der Waals surface area contributed by atoms with Crippen molar-refractivity contribution in [2.75, 3.05) is 38.0 Å². The lowest BCUT2D eigenvalue weighted by Crippen LogP contribution is -2.48. The van der Waals surface area contributed by atoms with E-state index in [2.05, 4.69) is 41.0 Å². The lowest BCUT2D eigenvalue weighted by Gasteiger charge is -2.33. The summed E-state index contributed by atoms with van der Waals surface area (Å²) in [4.78, 5) is 16.7. The van der Waals surface area contributed by atoms with Gasteiger partial charge in [0.25, 0.3) is 0 Å². The zero-order chi connectivity index (χ0) is 17.9. The van der Waals surface area contributed by atoms with Crippen molar-refractivity contribution in [2.24, 2.45) is 0 Å². The molecule has 0 aliphatic carbocycles. The largest absolute Gasteiger partial charge is 0.468 e. The van der Waals surface area contributed by atoms with E-state index in [9.17, 15) is 4.79 Å². The van der Waals surface area contributed by atoms with Gasteiger partial charge >= 0.3 is 0 Å². The van der Waals surface area contributed by atoms with E-state index in [0.29, 0.717) is 12.4 Å². The first-order valence-corrected chi connectivity index (χ1v) is 8.64. The van der Waals surface area contributed by atoms with Gasteiger partial charge in [0.05, 0.1) is 25.0 Å². The molecule has 0 saturated carbocycles. The van der Waals surface area contributed by atoms with Crippen molar-refractivity contribution in [2.45, 2.75) is 32.7 Å². The van der Waals surface area contributed by atoms with Gasteiger partial charge in [0.15, 0.2) is 0 Å². The molecule has 0 bridgehead atoms. The zero-order valence-corrected chi connectivity index (χ0v) is 15.1. The maximum absolute atomic E-state index is 12.2. The molecule has 7 heteroatoms. The van der Waals surface area contributed by atoms with E-state index in [1.54, 1.807) is 12.3 Å². The minimum atomic E-state index is -0.100. The third-order valence-corrected chi connectivity index (χ3v) is 4.33. The molecule has 0 spiro atoms. The van der Waals surface area contributed by atoms with E-state index in [1.165, 1.54) is 0 Å². The molecule has 2 aromatic heterocycles. The van der Waals surface area contributed by atoms with E-state index >= 15 is 0 Å². The van der Waals surface area contributed by atoms with E-state index in [0.717, 1.165) is 44.2 Å². The fourth-order valence-electron chi connectivity index (χ4n) is 2.80. The Kier molecular flexibility index (Phi) is 5.24. The van der Waals surface area contributed by atoms with Crippen molar-refractivity contribution in [3.63, 3.8) is 0 Å². The third kappa shape index (κ3) is 4.93. The van der Waals surface area contributed by atoms with Crippen LogP contribution in [0.1, 0.15) is 32.2 Å². The zero-order valence-electron chi connectivity index (χ0n) is 15.1. The molecule has 0 aromatic carbocycles. The van der Waals surface area contributed by atoms with E-state index in [-0.39, 0.29) is 11.3 Å². The van der Waals surface area contributed by atoms with Crippen LogP contribution < -0.4 is 5.32 Å². The van der Waals surface area contributed by atoms with E-state index in [4.69, 9.17) is 8.94 Å². The Morgan fingerprint density at radius 3 is 2.56 bits per heavy atom. The maximum Gasteiger partial charge on any atom is 0.240 e. The van der Waals surface area contributed by atoms with Gasteiger partial charge in [-0.2, -0.15) is 0 Å². The number of aromatic nitrogens is 1. The minimum Gasteiger partial charge on any atom is -0.468 e. The lowest BCUT2D eigenvalue weighted by atomic mass is 9.92. The van der Waals surface area contributed by atoms with Gasteiger partial charge < -0.3 is 8.94 Å². The second kappa shape index (κ2) is 7.41. The number of carbonyl (C=O) groups is 1. The molecular weight excluding hydrogens is 320 g/mol. The Morgan fingerprint density at radius 1 is 1.24 bits per heavy atom. The van der Waals surface area contributed by atoms with Crippen molar-refractivity contribution in [3.8, 4) is 0 Å². The van der Waals surface area contributed by atoms with Crippen LogP contribution in [-0.2, 0) is 16.8 Å². The highest BCUT2D eigenvalue weighted by Crippen LogP contribution is 2.23. The molecule has 3 heterocycles.